The van der Waals surface area contributed by atoms with E-state index in [0.717, 1.165) is 42.4 Å². The third kappa shape index (κ3) is 2.90. The molecule has 0 saturated carbocycles. The van der Waals surface area contributed by atoms with Gasteiger partial charge in [-0.1, -0.05) is 0 Å². The minimum atomic E-state index is -0.0483. The van der Waals surface area contributed by atoms with Crippen molar-refractivity contribution in [1.29, 1.82) is 0 Å². The van der Waals surface area contributed by atoms with Gasteiger partial charge in [0.05, 0.1) is 0 Å². The van der Waals surface area contributed by atoms with Crippen molar-refractivity contribution < 1.29 is 8.78 Å². The molecule has 0 amide bonds. The fraction of sp³-hybridized carbons (Fsp3) is 0. The summed E-state index contributed by atoms with van der Waals surface area (Å²) < 4.78 is 40.7. The van der Waals surface area contributed by atoms with Crippen molar-refractivity contribution in [2.45, 2.75) is 0 Å². The molecular weight excluding hydrogens is 683 g/mol. The average molecular weight is 693 g/mol. The van der Waals surface area contributed by atoms with E-state index in [1.807, 2.05) is 23.6 Å². The molecule has 0 aliphatic heterocycles. The first-order chi connectivity index (χ1) is 16.7. The summed E-state index contributed by atoms with van der Waals surface area (Å²) in [5, 5.41) is 6.01. The molecule has 0 radical (unpaired) electrons. The fourth-order valence-electron chi connectivity index (χ4n) is 4.51. The molecule has 0 bridgehead atoms. The average Bonchev–Trinajstić information content (AvgIpc) is 3.66. The molecule has 0 aliphatic rings. The van der Waals surface area contributed by atoms with E-state index in [1.54, 1.807) is 34.0 Å². The SMILES string of the molecule is Fc1c(-c2cccs2)[se]c2cc3c(cc12)sc1c2cc4[se]c(-c5ccc[se]5)c(F)c4cc2sc31. The van der Waals surface area contributed by atoms with Crippen LogP contribution in [0.15, 0.2) is 58.9 Å². The van der Waals surface area contributed by atoms with E-state index in [0.29, 0.717) is 0 Å². The summed E-state index contributed by atoms with van der Waals surface area (Å²) in [6, 6.07) is 16.7. The Kier molecular flexibility index (Phi) is 4.66. The van der Waals surface area contributed by atoms with Gasteiger partial charge in [0.1, 0.15) is 0 Å². The number of hydrogen-bond acceptors (Lipinski definition) is 3. The van der Waals surface area contributed by atoms with Crippen LogP contribution >= 0.6 is 34.0 Å². The van der Waals surface area contributed by atoms with Gasteiger partial charge in [-0.2, -0.15) is 0 Å². The molecule has 164 valence electrons. The van der Waals surface area contributed by atoms with Gasteiger partial charge in [-0.05, 0) is 0 Å². The minimum absolute atomic E-state index is 0.00790. The first-order valence-electron chi connectivity index (χ1n) is 10.4. The summed E-state index contributed by atoms with van der Waals surface area (Å²) in [7, 11) is 0. The molecule has 0 spiro atoms. The van der Waals surface area contributed by atoms with Gasteiger partial charge in [0.25, 0.3) is 0 Å². The van der Waals surface area contributed by atoms with Crippen LogP contribution in [0.4, 0.5) is 8.78 Å². The van der Waals surface area contributed by atoms with Crippen molar-refractivity contribution in [3.05, 3.63) is 70.5 Å². The molecule has 0 saturated heterocycles. The zero-order valence-electron chi connectivity index (χ0n) is 17.0. The Hall–Kier alpha value is -1.30. The second-order valence-corrected chi connectivity index (χ2v) is 17.5. The Bertz CT molecular complexity index is 1890. The van der Waals surface area contributed by atoms with E-state index in [9.17, 15) is 0 Å². The predicted molar refractivity (Wildman–Crippen MR) is 149 cm³/mol. The van der Waals surface area contributed by atoms with Crippen LogP contribution in [0.5, 0.6) is 0 Å². The molecule has 8 aromatic rings. The van der Waals surface area contributed by atoms with Gasteiger partial charge in [-0.25, -0.2) is 0 Å². The van der Waals surface area contributed by atoms with E-state index in [-0.39, 0.29) is 55.1 Å². The molecule has 0 N–H and O–H groups in total. The molecule has 0 aliphatic carbocycles. The molecule has 0 atom stereocenters. The van der Waals surface area contributed by atoms with Gasteiger partial charge < -0.3 is 0 Å². The van der Waals surface area contributed by atoms with Crippen LogP contribution < -0.4 is 0 Å². The van der Waals surface area contributed by atoms with Crippen molar-refractivity contribution in [2.75, 3.05) is 0 Å². The van der Waals surface area contributed by atoms with Gasteiger partial charge in [-0.3, -0.25) is 0 Å². The maximum absolute atomic E-state index is 15.3. The van der Waals surface area contributed by atoms with Crippen molar-refractivity contribution in [3.8, 4) is 18.2 Å². The Balaban J connectivity index is 1.38. The van der Waals surface area contributed by atoms with E-state index < -0.39 is 0 Å². The Morgan fingerprint density at radius 3 is 1.91 bits per heavy atom. The number of hydrogen-bond donors (Lipinski definition) is 0. The van der Waals surface area contributed by atoms with Crippen LogP contribution in [0, 0.1) is 11.6 Å². The quantitative estimate of drug-likeness (QED) is 0.160. The first-order valence-corrected chi connectivity index (χ1v) is 18.1. The van der Waals surface area contributed by atoms with Crippen molar-refractivity contribution in [3.63, 3.8) is 0 Å². The molecule has 0 fully saturated rings. The summed E-state index contributed by atoms with van der Waals surface area (Å²) in [4.78, 5) is 3.20. The monoisotopic (exact) mass is 696 g/mol. The van der Waals surface area contributed by atoms with E-state index >= 15 is 8.78 Å². The number of thiophene rings is 3. The summed E-state index contributed by atoms with van der Waals surface area (Å²) in [5.41, 5.74) is 0. The molecule has 0 unspecified atom stereocenters. The van der Waals surface area contributed by atoms with Crippen LogP contribution in [-0.2, 0) is 0 Å². The zero-order chi connectivity index (χ0) is 22.6. The standard InChI is InChI=1S/C26H10F2S3Se3/c27-21-13-7-16-11(9-19(13)33-25(21)15-3-1-5-29-15)23-24(30-16)12-10-20-14(8-17(12)31-23)22(28)26(34-20)18-4-2-6-32-18/h1-10H. The zero-order valence-corrected chi connectivity index (χ0v) is 24.6. The second-order valence-electron chi connectivity index (χ2n) is 8.00. The van der Waals surface area contributed by atoms with E-state index in [1.165, 1.54) is 24.6 Å². The summed E-state index contributed by atoms with van der Waals surface area (Å²) in [6.45, 7) is 0. The number of benzene rings is 2. The van der Waals surface area contributed by atoms with Crippen LogP contribution in [0.3, 0.4) is 0 Å². The molecule has 8 rings (SSSR count). The predicted octanol–water partition coefficient (Wildman–Crippen LogP) is 8.42. The van der Waals surface area contributed by atoms with Gasteiger partial charge in [0.15, 0.2) is 0 Å². The third-order valence-corrected chi connectivity index (χ3v) is 17.1. The molecule has 8 heteroatoms. The molecular formula is C26H10F2S3Se3. The van der Waals surface area contributed by atoms with Crippen molar-refractivity contribution in [2.24, 2.45) is 0 Å². The Labute approximate surface area is 221 Å². The molecule has 6 heterocycles. The fourth-order valence-corrected chi connectivity index (χ4v) is 15.0. The number of fused-ring (bicyclic) bond motifs is 7. The maximum atomic E-state index is 15.3. The van der Waals surface area contributed by atoms with Crippen LogP contribution in [0.2, 0.25) is 0 Å². The Morgan fingerprint density at radius 2 is 1.32 bits per heavy atom. The molecule has 34 heavy (non-hydrogen) atoms. The number of halogens is 2. The molecule has 6 aromatic heterocycles. The van der Waals surface area contributed by atoms with Gasteiger partial charge >= 0.3 is 224 Å². The molecule has 2 aromatic carbocycles. The van der Waals surface area contributed by atoms with Gasteiger partial charge in [-0.15, -0.1) is 0 Å². The summed E-state index contributed by atoms with van der Waals surface area (Å²) >= 11 is 5.34. The first kappa shape index (κ1) is 20.8. The van der Waals surface area contributed by atoms with E-state index in [2.05, 4.69) is 35.3 Å². The van der Waals surface area contributed by atoms with Crippen molar-refractivity contribution >= 4 is 126 Å². The van der Waals surface area contributed by atoms with Crippen LogP contribution in [-0.4, -0.2) is 43.5 Å². The molecule has 0 nitrogen and oxygen atoms in total. The Morgan fingerprint density at radius 1 is 0.676 bits per heavy atom. The van der Waals surface area contributed by atoms with Gasteiger partial charge in [0.2, 0.25) is 0 Å². The number of rotatable bonds is 2. The summed E-state index contributed by atoms with van der Waals surface area (Å²) in [5.74, 6) is -0.0635. The summed E-state index contributed by atoms with van der Waals surface area (Å²) in [6.07, 6.45) is 0. The van der Waals surface area contributed by atoms with Gasteiger partial charge in [0, 0.05) is 0 Å². The normalized spacial score (nSPS) is 12.4. The third-order valence-electron chi connectivity index (χ3n) is 6.07. The van der Waals surface area contributed by atoms with Crippen LogP contribution in [0.25, 0.3) is 67.1 Å². The second kappa shape index (κ2) is 7.60. The topological polar surface area (TPSA) is 0 Å². The van der Waals surface area contributed by atoms with Crippen LogP contribution in [0.1, 0.15) is 0 Å². The van der Waals surface area contributed by atoms with Crippen molar-refractivity contribution in [1.82, 2.24) is 0 Å². The van der Waals surface area contributed by atoms with E-state index in [4.69, 9.17) is 0 Å².